The number of carbonyl (C=O) groups is 1. The second-order valence-electron chi connectivity index (χ2n) is 8.39. The Labute approximate surface area is 234 Å². The van der Waals surface area contributed by atoms with Crippen LogP contribution in [0.2, 0.25) is 0 Å². The third-order valence-corrected chi connectivity index (χ3v) is 6.20. The van der Waals surface area contributed by atoms with Crippen LogP contribution in [-0.2, 0) is 19.3 Å². The van der Waals surface area contributed by atoms with E-state index in [1.807, 2.05) is 45.9 Å². The van der Waals surface area contributed by atoms with Gasteiger partial charge in [-0.25, -0.2) is 9.37 Å². The first-order chi connectivity index (χ1) is 19.1. The lowest BCUT2D eigenvalue weighted by atomic mass is 9.97. The Balaban J connectivity index is 0.00000119. The molecule has 4 nitrogen and oxygen atoms in total. The van der Waals surface area contributed by atoms with Gasteiger partial charge >= 0.3 is 0 Å². The van der Waals surface area contributed by atoms with Gasteiger partial charge in [-0.3, -0.25) is 4.79 Å². The van der Waals surface area contributed by atoms with Crippen molar-refractivity contribution in [2.45, 2.75) is 73.3 Å². The molecule has 0 amide bonds. The van der Waals surface area contributed by atoms with E-state index in [1.54, 1.807) is 18.3 Å². The average molecular weight is 532 g/mol. The molecule has 0 aliphatic heterocycles. The average Bonchev–Trinajstić information content (AvgIpc) is 3.01. The van der Waals surface area contributed by atoms with Crippen LogP contribution in [0, 0.1) is 5.82 Å². The lowest BCUT2D eigenvalue weighted by Gasteiger charge is -2.20. The van der Waals surface area contributed by atoms with E-state index in [1.165, 1.54) is 24.2 Å². The maximum absolute atomic E-state index is 13.8. The van der Waals surface area contributed by atoms with E-state index in [2.05, 4.69) is 60.2 Å². The minimum atomic E-state index is -0.254. The summed E-state index contributed by atoms with van der Waals surface area (Å²) in [6, 6.07) is 21.2. The summed E-state index contributed by atoms with van der Waals surface area (Å²) >= 11 is 0. The minimum absolute atomic E-state index is 0.0841. The summed E-state index contributed by atoms with van der Waals surface area (Å²) in [5, 5.41) is 5.27. The van der Waals surface area contributed by atoms with Crippen LogP contribution in [-0.4, -0.2) is 18.3 Å². The summed E-state index contributed by atoms with van der Waals surface area (Å²) in [6.45, 7) is 12.2. The number of hydrogen-bond donors (Lipinski definition) is 2. The fraction of sp³-hybridized carbons (Fsp3) is 0.353. The molecule has 39 heavy (non-hydrogen) atoms. The van der Waals surface area contributed by atoms with E-state index in [0.717, 1.165) is 53.9 Å². The van der Waals surface area contributed by atoms with Crippen LogP contribution >= 0.6 is 0 Å². The number of halogens is 1. The van der Waals surface area contributed by atoms with Gasteiger partial charge in [-0.2, -0.15) is 0 Å². The number of nitrogens with zero attached hydrogens (tertiary/aromatic N) is 1. The zero-order valence-corrected chi connectivity index (χ0v) is 24.7. The second-order valence-corrected chi connectivity index (χ2v) is 8.39. The van der Waals surface area contributed by atoms with Gasteiger partial charge in [-0.1, -0.05) is 77.9 Å². The maximum Gasteiger partial charge on any atom is 0.150 e. The van der Waals surface area contributed by atoms with E-state index >= 15 is 0 Å². The van der Waals surface area contributed by atoms with Crippen LogP contribution < -0.4 is 11.1 Å². The first-order valence-corrected chi connectivity index (χ1v) is 14.2. The van der Waals surface area contributed by atoms with Gasteiger partial charge in [0.1, 0.15) is 11.6 Å². The summed E-state index contributed by atoms with van der Waals surface area (Å²) in [6.07, 6.45) is 6.16. The Morgan fingerprint density at radius 3 is 2.08 bits per heavy atom. The largest absolute Gasteiger partial charge is 0.363 e. The topological polar surface area (TPSA) is 68.0 Å². The van der Waals surface area contributed by atoms with Crippen LogP contribution in [0.4, 0.5) is 10.2 Å². The highest BCUT2D eigenvalue weighted by Gasteiger charge is 2.14. The number of fused-ring (bicyclic) bond motifs is 1. The van der Waals surface area contributed by atoms with E-state index in [4.69, 9.17) is 0 Å². The number of aromatic nitrogens is 1. The highest BCUT2D eigenvalue weighted by atomic mass is 19.1. The van der Waals surface area contributed by atoms with Crippen LogP contribution in [0.15, 0.2) is 72.9 Å². The quantitative estimate of drug-likeness (QED) is 0.212. The lowest BCUT2D eigenvalue weighted by molar-refractivity contribution is 0.112. The van der Waals surface area contributed by atoms with Gasteiger partial charge in [0.15, 0.2) is 6.29 Å². The maximum atomic E-state index is 13.8. The standard InChI is InChI=1S/C29H29FN2O.2C2H6.CH5N/c1-3-20-8-10-21(11-9-20)12-13-22-16-24(19-33)26-14-15-31-29(27(26)17-22)32-28(4-2)23-6-5-7-25(30)18-23;3*1-2/h5-11,14-19,28H,3-4,12-13H2,1-2H3,(H,31,32);2*1-2H3;2H2,1H3. The number of aryl methyl sites for hydroxylation is 3. The first-order valence-electron chi connectivity index (χ1n) is 14.2. The number of benzene rings is 3. The Hall–Kier alpha value is -3.57. The van der Waals surface area contributed by atoms with Gasteiger partial charge in [0.05, 0.1) is 6.04 Å². The molecule has 1 aromatic heterocycles. The third kappa shape index (κ3) is 9.60. The van der Waals surface area contributed by atoms with Gasteiger partial charge in [0.2, 0.25) is 0 Å². The molecular weight excluding hydrogens is 485 g/mol. The molecule has 0 aliphatic rings. The molecule has 0 saturated heterocycles. The second kappa shape index (κ2) is 18.6. The van der Waals surface area contributed by atoms with Crippen molar-refractivity contribution in [3.8, 4) is 0 Å². The number of aldehydes is 1. The monoisotopic (exact) mass is 531 g/mol. The molecule has 1 atom stereocenters. The third-order valence-electron chi connectivity index (χ3n) is 6.20. The predicted molar refractivity (Wildman–Crippen MR) is 166 cm³/mol. The molecule has 5 heteroatoms. The number of anilines is 1. The summed E-state index contributed by atoms with van der Waals surface area (Å²) in [7, 11) is 1.50. The zero-order valence-electron chi connectivity index (χ0n) is 24.7. The first kappa shape index (κ1) is 33.5. The van der Waals surface area contributed by atoms with Gasteiger partial charge in [0, 0.05) is 17.1 Å². The molecule has 1 unspecified atom stereocenters. The predicted octanol–water partition coefficient (Wildman–Crippen LogP) is 8.72. The van der Waals surface area contributed by atoms with Crippen molar-refractivity contribution in [1.82, 2.24) is 4.98 Å². The van der Waals surface area contributed by atoms with Crippen LogP contribution in [0.3, 0.4) is 0 Å². The Bertz CT molecular complexity index is 1260. The van der Waals surface area contributed by atoms with E-state index in [9.17, 15) is 9.18 Å². The van der Waals surface area contributed by atoms with Gasteiger partial charge < -0.3 is 11.1 Å². The molecule has 4 rings (SSSR count). The van der Waals surface area contributed by atoms with Crippen molar-refractivity contribution in [2.24, 2.45) is 5.73 Å². The number of hydrogen-bond acceptors (Lipinski definition) is 4. The van der Waals surface area contributed by atoms with Crippen molar-refractivity contribution in [3.63, 3.8) is 0 Å². The summed E-state index contributed by atoms with van der Waals surface area (Å²) < 4.78 is 13.8. The van der Waals surface area contributed by atoms with Crippen molar-refractivity contribution >= 4 is 22.9 Å². The van der Waals surface area contributed by atoms with Crippen LogP contribution in [0.25, 0.3) is 10.8 Å². The molecule has 210 valence electrons. The number of carbonyl (C=O) groups excluding carboxylic acids is 1. The fourth-order valence-electron chi connectivity index (χ4n) is 4.27. The van der Waals surface area contributed by atoms with Gasteiger partial charge in [-0.05, 0) is 90.7 Å². The van der Waals surface area contributed by atoms with Crippen LogP contribution in [0.5, 0.6) is 0 Å². The molecule has 0 aliphatic carbocycles. The molecule has 0 radical (unpaired) electrons. The SMILES string of the molecule is CC.CC.CCc1ccc(CCc2cc(C=O)c3ccnc(NC(CC)c4cccc(F)c4)c3c2)cc1.CN. The molecule has 0 saturated carbocycles. The van der Waals surface area contributed by atoms with Crippen LogP contribution in [0.1, 0.15) is 86.6 Å². The van der Waals surface area contributed by atoms with E-state index < -0.39 is 0 Å². The summed E-state index contributed by atoms with van der Waals surface area (Å²) in [4.78, 5) is 16.5. The number of pyridine rings is 1. The summed E-state index contributed by atoms with van der Waals surface area (Å²) in [5.41, 5.74) is 9.74. The van der Waals surface area contributed by atoms with Crippen molar-refractivity contribution in [1.29, 1.82) is 0 Å². The van der Waals surface area contributed by atoms with E-state index in [0.29, 0.717) is 11.4 Å². The smallest absolute Gasteiger partial charge is 0.150 e. The number of rotatable bonds is 9. The molecule has 0 spiro atoms. The molecule has 0 bridgehead atoms. The molecule has 0 fully saturated rings. The lowest BCUT2D eigenvalue weighted by Crippen LogP contribution is -2.11. The Morgan fingerprint density at radius 2 is 1.49 bits per heavy atom. The fourth-order valence-corrected chi connectivity index (χ4v) is 4.27. The number of nitrogens with one attached hydrogen (secondary N) is 1. The van der Waals surface area contributed by atoms with Crippen molar-refractivity contribution in [2.75, 3.05) is 12.4 Å². The van der Waals surface area contributed by atoms with Gasteiger partial charge in [0.25, 0.3) is 0 Å². The molecule has 3 aromatic carbocycles. The van der Waals surface area contributed by atoms with E-state index in [-0.39, 0.29) is 11.9 Å². The zero-order chi connectivity index (χ0) is 29.2. The normalized spacial score (nSPS) is 10.6. The molecule has 4 aromatic rings. The Morgan fingerprint density at radius 1 is 0.846 bits per heavy atom. The number of nitrogens with two attached hydrogens (primary N) is 1. The highest BCUT2D eigenvalue weighted by molar-refractivity contribution is 6.02. The van der Waals surface area contributed by atoms with Crippen molar-refractivity contribution in [3.05, 3.63) is 107 Å². The molecule has 1 heterocycles. The minimum Gasteiger partial charge on any atom is -0.363 e. The molecule has 3 N–H and O–H groups in total. The van der Waals surface area contributed by atoms with Crippen molar-refractivity contribution < 1.29 is 9.18 Å². The highest BCUT2D eigenvalue weighted by Crippen LogP contribution is 2.30. The molecular formula is C34H46FN3O. The summed E-state index contributed by atoms with van der Waals surface area (Å²) in [5.74, 6) is 0.456. The Kier molecular flexibility index (Phi) is 16.0. The van der Waals surface area contributed by atoms with Gasteiger partial charge in [-0.15, -0.1) is 0 Å².